The van der Waals surface area contributed by atoms with Crippen LogP contribution in [0, 0.1) is 0 Å². The van der Waals surface area contributed by atoms with E-state index < -0.39 is 0 Å². The highest BCUT2D eigenvalue weighted by atomic mass is 79.9. The molecule has 2 aromatic heterocycles. The molecular weight excluding hydrogens is 396 g/mol. The standard InChI is InChI=1S/C18H17BrN6O/c19-16-15-17(23-22-16)20-12-21-18(15)25-10-8-24(9-11-25)14(26)7-6-13-4-2-1-3-5-13/h1-7,12H,8-11H2,(H,20,21,22,23)/b7-6+. The number of anilines is 1. The summed E-state index contributed by atoms with van der Waals surface area (Å²) in [4.78, 5) is 25.0. The molecule has 0 spiro atoms. The molecule has 0 radical (unpaired) electrons. The van der Waals surface area contributed by atoms with E-state index in [1.165, 1.54) is 6.33 Å². The van der Waals surface area contributed by atoms with Gasteiger partial charge >= 0.3 is 0 Å². The summed E-state index contributed by atoms with van der Waals surface area (Å²) in [6.45, 7) is 2.74. The van der Waals surface area contributed by atoms with Crippen LogP contribution in [0.1, 0.15) is 5.56 Å². The van der Waals surface area contributed by atoms with Crippen LogP contribution in [0.2, 0.25) is 0 Å². The van der Waals surface area contributed by atoms with E-state index in [1.807, 2.05) is 41.3 Å². The second-order valence-electron chi connectivity index (χ2n) is 5.99. The quantitative estimate of drug-likeness (QED) is 0.668. The van der Waals surface area contributed by atoms with Crippen molar-refractivity contribution in [3.05, 3.63) is 52.9 Å². The molecule has 1 aliphatic heterocycles. The summed E-state index contributed by atoms with van der Waals surface area (Å²) in [6.07, 6.45) is 5.01. The normalized spacial score (nSPS) is 15.1. The maximum absolute atomic E-state index is 12.4. The van der Waals surface area contributed by atoms with Crippen LogP contribution in [-0.4, -0.2) is 57.2 Å². The zero-order chi connectivity index (χ0) is 17.9. The molecule has 1 saturated heterocycles. The van der Waals surface area contributed by atoms with Gasteiger partial charge in [-0.25, -0.2) is 9.97 Å². The molecule has 4 rings (SSSR count). The highest BCUT2D eigenvalue weighted by molar-refractivity contribution is 9.10. The topological polar surface area (TPSA) is 78.0 Å². The number of H-pyrrole nitrogens is 1. The van der Waals surface area contributed by atoms with E-state index in [0.29, 0.717) is 31.8 Å². The average Bonchev–Trinajstić information content (AvgIpc) is 3.08. The van der Waals surface area contributed by atoms with Gasteiger partial charge in [-0.05, 0) is 27.6 Å². The monoisotopic (exact) mass is 412 g/mol. The second kappa shape index (κ2) is 7.25. The Bertz CT molecular complexity index is 947. The first-order valence-corrected chi connectivity index (χ1v) is 9.13. The summed E-state index contributed by atoms with van der Waals surface area (Å²) in [5.41, 5.74) is 1.65. The number of amides is 1. The molecule has 0 unspecified atom stereocenters. The Morgan fingerprint density at radius 3 is 2.65 bits per heavy atom. The van der Waals surface area contributed by atoms with E-state index in [9.17, 15) is 4.79 Å². The van der Waals surface area contributed by atoms with E-state index >= 15 is 0 Å². The molecule has 132 valence electrons. The molecule has 0 bridgehead atoms. The van der Waals surface area contributed by atoms with Crippen molar-refractivity contribution in [3.8, 4) is 0 Å². The minimum Gasteiger partial charge on any atom is -0.352 e. The number of piperazine rings is 1. The average molecular weight is 413 g/mol. The first-order chi connectivity index (χ1) is 12.7. The van der Waals surface area contributed by atoms with Crippen LogP contribution in [0.15, 0.2) is 47.3 Å². The van der Waals surface area contributed by atoms with Crippen molar-refractivity contribution in [3.63, 3.8) is 0 Å². The molecule has 8 heteroatoms. The number of benzene rings is 1. The fourth-order valence-electron chi connectivity index (χ4n) is 3.02. The van der Waals surface area contributed by atoms with Crippen LogP contribution in [0.25, 0.3) is 17.1 Å². The summed E-state index contributed by atoms with van der Waals surface area (Å²) in [5, 5.41) is 7.90. The third-order valence-corrected chi connectivity index (χ3v) is 4.97. The van der Waals surface area contributed by atoms with Crippen LogP contribution < -0.4 is 4.90 Å². The van der Waals surface area contributed by atoms with Gasteiger partial charge in [-0.2, -0.15) is 5.10 Å². The summed E-state index contributed by atoms with van der Waals surface area (Å²) >= 11 is 3.46. The number of halogens is 1. The van der Waals surface area contributed by atoms with Gasteiger partial charge in [0.2, 0.25) is 5.91 Å². The molecule has 0 aliphatic carbocycles. The molecular formula is C18H17BrN6O. The minimum absolute atomic E-state index is 0.0332. The van der Waals surface area contributed by atoms with Gasteiger partial charge < -0.3 is 9.80 Å². The highest BCUT2D eigenvalue weighted by Crippen LogP contribution is 2.28. The van der Waals surface area contributed by atoms with E-state index in [1.54, 1.807) is 6.08 Å². The number of hydrogen-bond donors (Lipinski definition) is 1. The third-order valence-electron chi connectivity index (χ3n) is 4.40. The largest absolute Gasteiger partial charge is 0.352 e. The van der Waals surface area contributed by atoms with Crippen LogP contribution in [0.3, 0.4) is 0 Å². The van der Waals surface area contributed by atoms with E-state index in [2.05, 4.69) is 41.0 Å². The summed E-state index contributed by atoms with van der Waals surface area (Å²) in [5.74, 6) is 0.869. The Balaban J connectivity index is 1.43. The highest BCUT2D eigenvalue weighted by Gasteiger charge is 2.23. The van der Waals surface area contributed by atoms with Crippen LogP contribution >= 0.6 is 15.9 Å². The Labute approximate surface area is 158 Å². The predicted octanol–water partition coefficient (Wildman–Crippen LogP) is 2.48. The fraction of sp³-hybridized carbons (Fsp3) is 0.222. The van der Waals surface area contributed by atoms with Crippen LogP contribution in [0.4, 0.5) is 5.82 Å². The molecule has 26 heavy (non-hydrogen) atoms. The van der Waals surface area contributed by atoms with Crippen LogP contribution in [-0.2, 0) is 4.79 Å². The van der Waals surface area contributed by atoms with Gasteiger partial charge in [0.25, 0.3) is 0 Å². The molecule has 1 fully saturated rings. The first kappa shape index (κ1) is 16.7. The predicted molar refractivity (Wildman–Crippen MR) is 104 cm³/mol. The van der Waals surface area contributed by atoms with E-state index in [0.717, 1.165) is 21.4 Å². The number of carbonyl (C=O) groups excluding carboxylic acids is 1. The van der Waals surface area contributed by atoms with Gasteiger partial charge in [-0.3, -0.25) is 9.89 Å². The number of fused-ring (bicyclic) bond motifs is 1. The molecule has 1 N–H and O–H groups in total. The molecule has 7 nitrogen and oxygen atoms in total. The van der Waals surface area contributed by atoms with Crippen molar-refractivity contribution in [2.75, 3.05) is 31.1 Å². The molecule has 1 amide bonds. The van der Waals surface area contributed by atoms with Gasteiger partial charge in [0.15, 0.2) is 5.65 Å². The van der Waals surface area contributed by atoms with Crippen molar-refractivity contribution in [1.82, 2.24) is 25.1 Å². The Kier molecular flexibility index (Phi) is 4.66. The number of hydrogen-bond acceptors (Lipinski definition) is 5. The number of nitrogens with zero attached hydrogens (tertiary/aromatic N) is 5. The van der Waals surface area contributed by atoms with E-state index in [4.69, 9.17) is 0 Å². The SMILES string of the molecule is O=C(/C=C/c1ccccc1)N1CCN(c2ncnc3n[nH]c(Br)c23)CC1. The first-order valence-electron chi connectivity index (χ1n) is 8.34. The Morgan fingerprint density at radius 1 is 1.12 bits per heavy atom. The molecule has 3 aromatic rings. The van der Waals surface area contributed by atoms with Gasteiger partial charge in [-0.1, -0.05) is 30.3 Å². The van der Waals surface area contributed by atoms with Crippen molar-refractivity contribution < 1.29 is 4.79 Å². The van der Waals surface area contributed by atoms with Crippen molar-refractivity contribution >= 4 is 44.8 Å². The van der Waals surface area contributed by atoms with E-state index in [-0.39, 0.29) is 5.91 Å². The second-order valence-corrected chi connectivity index (χ2v) is 6.78. The number of aromatic amines is 1. The zero-order valence-corrected chi connectivity index (χ0v) is 15.6. The lowest BCUT2D eigenvalue weighted by molar-refractivity contribution is -0.126. The molecule has 1 aromatic carbocycles. The van der Waals surface area contributed by atoms with Crippen molar-refractivity contribution in [2.45, 2.75) is 0 Å². The Hall–Kier alpha value is -2.74. The minimum atomic E-state index is 0.0332. The molecule has 3 heterocycles. The zero-order valence-electron chi connectivity index (χ0n) is 14.0. The number of aromatic nitrogens is 4. The number of rotatable bonds is 3. The molecule has 1 aliphatic rings. The number of nitrogens with one attached hydrogen (secondary N) is 1. The smallest absolute Gasteiger partial charge is 0.246 e. The lowest BCUT2D eigenvalue weighted by Gasteiger charge is -2.35. The lowest BCUT2D eigenvalue weighted by Crippen LogP contribution is -2.48. The third kappa shape index (κ3) is 3.32. The van der Waals surface area contributed by atoms with Crippen molar-refractivity contribution in [1.29, 1.82) is 0 Å². The van der Waals surface area contributed by atoms with Gasteiger partial charge in [0.05, 0.1) is 5.39 Å². The fourth-order valence-corrected chi connectivity index (χ4v) is 3.47. The summed E-state index contributed by atoms with van der Waals surface area (Å²) in [6, 6.07) is 9.83. The molecule has 0 atom stereocenters. The Morgan fingerprint density at radius 2 is 1.88 bits per heavy atom. The maximum Gasteiger partial charge on any atom is 0.246 e. The van der Waals surface area contributed by atoms with Crippen molar-refractivity contribution in [2.24, 2.45) is 0 Å². The van der Waals surface area contributed by atoms with Gasteiger partial charge in [0, 0.05) is 32.3 Å². The number of carbonyl (C=O) groups is 1. The lowest BCUT2D eigenvalue weighted by atomic mass is 10.2. The maximum atomic E-state index is 12.4. The molecule has 0 saturated carbocycles. The summed E-state index contributed by atoms with van der Waals surface area (Å²) in [7, 11) is 0. The van der Waals surface area contributed by atoms with Gasteiger partial charge in [0.1, 0.15) is 16.7 Å². The van der Waals surface area contributed by atoms with Crippen LogP contribution in [0.5, 0.6) is 0 Å². The summed E-state index contributed by atoms with van der Waals surface area (Å²) < 4.78 is 0.771. The van der Waals surface area contributed by atoms with Gasteiger partial charge in [-0.15, -0.1) is 0 Å².